The summed E-state index contributed by atoms with van der Waals surface area (Å²) >= 11 is 5.65. The van der Waals surface area contributed by atoms with E-state index in [1.54, 1.807) is 0 Å². The normalized spacial score (nSPS) is 25.3. The second-order valence-electron chi connectivity index (χ2n) is 1.34. The molecule has 4 nitrogen and oxygen atoms in total. The van der Waals surface area contributed by atoms with Crippen LogP contribution in [0.25, 0.3) is 0 Å². The van der Waals surface area contributed by atoms with E-state index in [2.05, 4.69) is 46.3 Å². The first-order valence-corrected chi connectivity index (χ1v) is 3.61. The van der Waals surface area contributed by atoms with Crippen LogP contribution in [0.15, 0.2) is 4.99 Å². The van der Waals surface area contributed by atoms with Gasteiger partial charge in [0.2, 0.25) is 0 Å². The molecule has 0 fully saturated rings. The van der Waals surface area contributed by atoms with Crippen LogP contribution < -0.4 is 5.32 Å². The van der Waals surface area contributed by atoms with Crippen molar-refractivity contribution in [3.63, 3.8) is 0 Å². The summed E-state index contributed by atoms with van der Waals surface area (Å²) in [5, 5.41) is 2.35. The predicted molar refractivity (Wildman–Crippen MR) is 38.3 cm³/mol. The maximum absolute atomic E-state index is 10.6. The van der Waals surface area contributed by atoms with Crippen molar-refractivity contribution in [2.75, 3.05) is 0 Å². The number of carbonyl (C=O) groups excluding carboxylic acids is 1. The zero-order valence-electron chi connectivity index (χ0n) is 4.10. The molecular weight excluding hydrogens is 256 g/mol. The third-order valence-corrected chi connectivity index (χ3v) is 1.68. The van der Waals surface area contributed by atoms with Gasteiger partial charge in [-0.1, -0.05) is 15.9 Å². The summed E-state index contributed by atoms with van der Waals surface area (Å²) in [5.74, 6) is -0.218. The molecule has 0 radical (unpaired) electrons. The van der Waals surface area contributed by atoms with Crippen LogP contribution in [0, 0.1) is 0 Å². The monoisotopic (exact) mass is 256 g/mol. The number of aliphatic imine (C=N–C) groups is 1. The summed E-state index contributed by atoms with van der Waals surface area (Å²) in [5.41, 5.74) is 0. The number of hydrogen-bond acceptors (Lipinski definition) is 3. The molecule has 0 aliphatic carbocycles. The summed E-state index contributed by atoms with van der Waals surface area (Å²) in [6.07, 6.45) is 0. The predicted octanol–water partition coefficient (Wildman–Crippen LogP) is 0.520. The molecule has 1 unspecified atom stereocenters. The van der Waals surface area contributed by atoms with Crippen LogP contribution in [0.1, 0.15) is 0 Å². The lowest BCUT2D eigenvalue weighted by Gasteiger charge is -1.90. The Labute approximate surface area is 68.2 Å². The number of amides is 1. The number of nitrogens with one attached hydrogen (secondary N) is 1. The van der Waals surface area contributed by atoms with Crippen molar-refractivity contribution in [2.24, 2.45) is 4.99 Å². The smallest absolute Gasteiger partial charge is 0.305 e. The average Bonchev–Trinajstić information content (AvgIpc) is 2.13. The average molecular weight is 258 g/mol. The van der Waals surface area contributed by atoms with Gasteiger partial charge in [-0.3, -0.25) is 10.1 Å². The Bertz CT molecular complexity index is 169. The maximum atomic E-state index is 10.6. The third kappa shape index (κ3) is 1.42. The van der Waals surface area contributed by atoms with E-state index in [4.69, 9.17) is 0 Å². The van der Waals surface area contributed by atoms with Crippen LogP contribution >= 0.6 is 32.2 Å². The van der Waals surface area contributed by atoms with Crippen molar-refractivity contribution in [2.45, 2.75) is 4.95 Å². The SMILES string of the molecule is O=C1NC(OBr)=NC1Br. The quantitative estimate of drug-likeness (QED) is 0.508. The number of alkyl halides is 1. The Hall–Kier alpha value is -0.100. The summed E-state index contributed by atoms with van der Waals surface area (Å²) in [6.45, 7) is 0. The summed E-state index contributed by atoms with van der Waals surface area (Å²) < 4.78 is 4.45. The van der Waals surface area contributed by atoms with Gasteiger partial charge < -0.3 is 3.83 Å². The van der Waals surface area contributed by atoms with E-state index in [-0.39, 0.29) is 11.9 Å². The highest BCUT2D eigenvalue weighted by Gasteiger charge is 2.23. The van der Waals surface area contributed by atoms with Crippen LogP contribution in [-0.2, 0) is 8.62 Å². The van der Waals surface area contributed by atoms with Crippen LogP contribution in [0.3, 0.4) is 0 Å². The van der Waals surface area contributed by atoms with Gasteiger partial charge in [0.25, 0.3) is 5.91 Å². The van der Waals surface area contributed by atoms with E-state index < -0.39 is 4.95 Å². The fraction of sp³-hybridized carbons (Fsp3) is 0.333. The highest BCUT2D eigenvalue weighted by atomic mass is 79.9. The first kappa shape index (κ1) is 7.01. The van der Waals surface area contributed by atoms with E-state index in [0.29, 0.717) is 0 Å². The van der Waals surface area contributed by atoms with Gasteiger partial charge >= 0.3 is 6.02 Å². The molecule has 0 aromatic heterocycles. The summed E-state index contributed by atoms with van der Waals surface area (Å²) in [7, 11) is 0. The molecule has 1 aliphatic rings. The van der Waals surface area contributed by atoms with E-state index in [0.717, 1.165) is 0 Å². The lowest BCUT2D eigenvalue weighted by atomic mass is 10.7. The van der Waals surface area contributed by atoms with Gasteiger partial charge in [-0.2, -0.15) is 0 Å². The second-order valence-corrected chi connectivity index (χ2v) is 2.53. The lowest BCUT2D eigenvalue weighted by molar-refractivity contribution is -0.118. The van der Waals surface area contributed by atoms with Crippen molar-refractivity contribution >= 4 is 44.1 Å². The van der Waals surface area contributed by atoms with Crippen molar-refractivity contribution in [3.8, 4) is 0 Å². The molecular formula is C3H2Br2N2O2. The van der Waals surface area contributed by atoms with Gasteiger partial charge in [-0.15, -0.1) is 0 Å². The summed E-state index contributed by atoms with van der Waals surface area (Å²) in [6, 6.07) is 0.182. The minimum absolute atomic E-state index is 0.182. The molecule has 9 heavy (non-hydrogen) atoms. The molecule has 1 atom stereocenters. The number of hydrogen-bond donors (Lipinski definition) is 1. The zero-order valence-corrected chi connectivity index (χ0v) is 7.27. The minimum Gasteiger partial charge on any atom is -0.383 e. The molecule has 1 rings (SSSR count). The molecule has 0 aromatic carbocycles. The van der Waals surface area contributed by atoms with E-state index in [1.807, 2.05) is 0 Å². The van der Waals surface area contributed by atoms with Crippen LogP contribution in [0.4, 0.5) is 0 Å². The number of rotatable bonds is 0. The highest BCUT2D eigenvalue weighted by molar-refractivity contribution is 9.10. The Kier molecular flexibility index (Phi) is 2.07. The molecule has 0 spiro atoms. The fourth-order valence-electron chi connectivity index (χ4n) is 0.398. The number of carbonyl (C=O) groups is 1. The standard InChI is InChI=1S/C3H2Br2N2O2/c4-1-2(8)7-3(6-1)9-5/h1H,(H,6,7,8). The third-order valence-electron chi connectivity index (χ3n) is 0.750. The molecule has 50 valence electrons. The molecule has 1 N–H and O–H groups in total. The van der Waals surface area contributed by atoms with Crippen LogP contribution in [-0.4, -0.2) is 16.9 Å². The van der Waals surface area contributed by atoms with Crippen molar-refractivity contribution in [1.82, 2.24) is 5.32 Å². The van der Waals surface area contributed by atoms with Gasteiger partial charge in [0.05, 0.1) is 0 Å². The number of amidine groups is 1. The van der Waals surface area contributed by atoms with Crippen molar-refractivity contribution in [1.29, 1.82) is 0 Å². The summed E-state index contributed by atoms with van der Waals surface area (Å²) in [4.78, 5) is 13.8. The fourth-order valence-corrected chi connectivity index (χ4v) is 0.863. The highest BCUT2D eigenvalue weighted by Crippen LogP contribution is 2.08. The maximum Gasteiger partial charge on any atom is 0.305 e. The van der Waals surface area contributed by atoms with Crippen LogP contribution in [0.2, 0.25) is 0 Å². The molecule has 0 bridgehead atoms. The Morgan fingerprint density at radius 1 is 1.78 bits per heavy atom. The first-order valence-electron chi connectivity index (χ1n) is 2.05. The second kappa shape index (κ2) is 2.66. The Balaban J connectivity index is 2.62. The van der Waals surface area contributed by atoms with Gasteiger partial charge in [0, 0.05) is 0 Å². The van der Waals surface area contributed by atoms with Crippen molar-refractivity contribution < 1.29 is 8.62 Å². The topological polar surface area (TPSA) is 50.7 Å². The van der Waals surface area contributed by atoms with Crippen molar-refractivity contribution in [3.05, 3.63) is 0 Å². The number of halogens is 2. The van der Waals surface area contributed by atoms with E-state index >= 15 is 0 Å². The molecule has 0 saturated carbocycles. The van der Waals surface area contributed by atoms with Gasteiger partial charge in [0.1, 0.15) is 0 Å². The molecule has 0 aromatic rings. The molecule has 1 amide bonds. The minimum atomic E-state index is -0.509. The number of nitrogens with zero attached hydrogens (tertiary/aromatic N) is 1. The molecule has 0 saturated heterocycles. The van der Waals surface area contributed by atoms with E-state index in [9.17, 15) is 4.79 Å². The Morgan fingerprint density at radius 2 is 2.44 bits per heavy atom. The first-order chi connectivity index (χ1) is 4.24. The Morgan fingerprint density at radius 3 is 2.67 bits per heavy atom. The molecule has 1 heterocycles. The van der Waals surface area contributed by atoms with Crippen LogP contribution in [0.5, 0.6) is 0 Å². The van der Waals surface area contributed by atoms with Gasteiger partial charge in [-0.05, 0) is 0 Å². The largest absolute Gasteiger partial charge is 0.383 e. The zero-order chi connectivity index (χ0) is 6.85. The van der Waals surface area contributed by atoms with Gasteiger partial charge in [-0.25, -0.2) is 4.99 Å². The van der Waals surface area contributed by atoms with E-state index in [1.165, 1.54) is 0 Å². The van der Waals surface area contributed by atoms with Gasteiger partial charge in [0.15, 0.2) is 21.2 Å². The lowest BCUT2D eigenvalue weighted by Crippen LogP contribution is -2.26. The molecule has 1 aliphatic heterocycles. The molecule has 6 heteroatoms.